The lowest BCUT2D eigenvalue weighted by Crippen LogP contribution is -2.51. The Labute approximate surface area is 142 Å². The zero-order valence-electron chi connectivity index (χ0n) is 16.1. The topological polar surface area (TPSA) is 50.8 Å². The van der Waals surface area contributed by atoms with E-state index in [-0.39, 0.29) is 11.6 Å². The number of hydrogen-bond donors (Lipinski definition) is 1. The molecule has 1 heterocycles. The minimum Gasteiger partial charge on any atom is -0.444 e. The second kappa shape index (κ2) is 8.34. The predicted molar refractivity (Wildman–Crippen MR) is 93.7 cm³/mol. The van der Waals surface area contributed by atoms with Gasteiger partial charge in [0.15, 0.2) is 0 Å². The van der Waals surface area contributed by atoms with Gasteiger partial charge in [-0.05, 0) is 67.2 Å². The fourth-order valence-corrected chi connectivity index (χ4v) is 2.80. The molecule has 0 aromatic rings. The van der Waals surface area contributed by atoms with Crippen molar-refractivity contribution in [3.8, 4) is 0 Å². The van der Waals surface area contributed by atoms with E-state index in [1.54, 1.807) is 0 Å². The molecule has 136 valence electrons. The Morgan fingerprint density at radius 1 is 1.22 bits per heavy atom. The Bertz CT molecular complexity index is 365. The van der Waals surface area contributed by atoms with Crippen molar-refractivity contribution >= 4 is 6.09 Å². The largest absolute Gasteiger partial charge is 0.444 e. The second-order valence-electron chi connectivity index (χ2n) is 8.50. The molecule has 1 aliphatic heterocycles. The average molecular weight is 328 g/mol. The molecule has 1 unspecified atom stereocenters. The van der Waals surface area contributed by atoms with Gasteiger partial charge in [0.1, 0.15) is 5.60 Å². The summed E-state index contributed by atoms with van der Waals surface area (Å²) in [6.45, 7) is 17.2. The van der Waals surface area contributed by atoms with Crippen LogP contribution >= 0.6 is 0 Å². The molecular weight excluding hydrogens is 292 g/mol. The molecule has 0 radical (unpaired) electrons. The first-order valence-electron chi connectivity index (χ1n) is 8.82. The maximum Gasteiger partial charge on any atom is 0.410 e. The predicted octanol–water partition coefficient (Wildman–Crippen LogP) is 3.43. The van der Waals surface area contributed by atoms with Gasteiger partial charge in [0.25, 0.3) is 0 Å². The van der Waals surface area contributed by atoms with Gasteiger partial charge in [-0.3, -0.25) is 0 Å². The van der Waals surface area contributed by atoms with Crippen LogP contribution in [0.1, 0.15) is 61.3 Å². The molecule has 1 amide bonds. The van der Waals surface area contributed by atoms with Crippen molar-refractivity contribution in [3.05, 3.63) is 0 Å². The maximum absolute atomic E-state index is 12.4. The van der Waals surface area contributed by atoms with Crippen molar-refractivity contribution < 1.29 is 14.3 Å². The van der Waals surface area contributed by atoms with Crippen molar-refractivity contribution in [1.29, 1.82) is 0 Å². The van der Waals surface area contributed by atoms with Crippen LogP contribution in [-0.2, 0) is 9.47 Å². The maximum atomic E-state index is 12.4. The van der Waals surface area contributed by atoms with Gasteiger partial charge in [-0.15, -0.1) is 0 Å². The van der Waals surface area contributed by atoms with Crippen LogP contribution in [0.2, 0.25) is 0 Å². The second-order valence-corrected chi connectivity index (χ2v) is 8.50. The van der Waals surface area contributed by atoms with E-state index in [0.29, 0.717) is 18.5 Å². The Morgan fingerprint density at radius 3 is 2.26 bits per heavy atom. The summed E-state index contributed by atoms with van der Waals surface area (Å²) in [5, 5.41) is 3.57. The molecule has 1 rings (SSSR count). The van der Waals surface area contributed by atoms with Crippen LogP contribution in [0.3, 0.4) is 0 Å². The van der Waals surface area contributed by atoms with E-state index in [1.165, 1.54) is 0 Å². The first-order valence-corrected chi connectivity index (χ1v) is 8.82. The molecule has 0 aromatic carbocycles. The molecule has 23 heavy (non-hydrogen) atoms. The third-order valence-corrected chi connectivity index (χ3v) is 4.20. The highest BCUT2D eigenvalue weighted by molar-refractivity contribution is 5.69. The standard InChI is InChI=1S/C18H36N2O3/c1-14(15-8-12-22-13-9-15)19-10-11-20(17(2,3)4)16(21)23-18(5,6)7/h14-15,19H,8-13H2,1-7H3. The lowest BCUT2D eigenvalue weighted by molar-refractivity contribution is 0.00606. The lowest BCUT2D eigenvalue weighted by Gasteiger charge is -2.37. The Hall–Kier alpha value is -0.810. The Balaban J connectivity index is 2.49. The van der Waals surface area contributed by atoms with Crippen molar-refractivity contribution in [2.45, 2.75) is 78.5 Å². The highest BCUT2D eigenvalue weighted by atomic mass is 16.6. The first-order chi connectivity index (χ1) is 10.5. The average Bonchev–Trinajstić information content (AvgIpc) is 2.40. The van der Waals surface area contributed by atoms with Crippen molar-refractivity contribution in [2.75, 3.05) is 26.3 Å². The number of ether oxygens (including phenoxy) is 2. The summed E-state index contributed by atoms with van der Waals surface area (Å²) in [7, 11) is 0. The molecule has 5 heteroatoms. The van der Waals surface area contributed by atoms with Crippen LogP contribution in [0.15, 0.2) is 0 Å². The van der Waals surface area contributed by atoms with Crippen molar-refractivity contribution in [1.82, 2.24) is 10.2 Å². The molecule has 0 aliphatic carbocycles. The van der Waals surface area contributed by atoms with E-state index < -0.39 is 5.60 Å². The van der Waals surface area contributed by atoms with E-state index in [2.05, 4.69) is 12.2 Å². The zero-order valence-corrected chi connectivity index (χ0v) is 16.1. The fraction of sp³-hybridized carbons (Fsp3) is 0.944. The summed E-state index contributed by atoms with van der Waals surface area (Å²) in [5.41, 5.74) is -0.727. The van der Waals surface area contributed by atoms with E-state index in [9.17, 15) is 4.79 Å². The summed E-state index contributed by atoms with van der Waals surface area (Å²) < 4.78 is 11.0. The Kier molecular flexibility index (Phi) is 7.33. The van der Waals surface area contributed by atoms with Gasteiger partial charge in [-0.2, -0.15) is 0 Å². The van der Waals surface area contributed by atoms with Gasteiger partial charge in [0, 0.05) is 37.9 Å². The van der Waals surface area contributed by atoms with Gasteiger partial charge in [-0.1, -0.05) is 0 Å². The number of nitrogens with one attached hydrogen (secondary N) is 1. The molecule has 0 bridgehead atoms. The fourth-order valence-electron chi connectivity index (χ4n) is 2.80. The van der Waals surface area contributed by atoms with E-state index in [1.807, 2.05) is 46.4 Å². The van der Waals surface area contributed by atoms with Crippen molar-refractivity contribution in [2.24, 2.45) is 5.92 Å². The quantitative estimate of drug-likeness (QED) is 0.840. The summed E-state index contributed by atoms with van der Waals surface area (Å²) in [4.78, 5) is 14.2. The van der Waals surface area contributed by atoms with Crippen LogP contribution < -0.4 is 5.32 Å². The zero-order chi connectivity index (χ0) is 17.7. The molecule has 0 spiro atoms. The monoisotopic (exact) mass is 328 g/mol. The van der Waals surface area contributed by atoms with Crippen LogP contribution in [-0.4, -0.2) is 54.5 Å². The number of nitrogens with zero attached hydrogens (tertiary/aromatic N) is 1. The van der Waals surface area contributed by atoms with Crippen molar-refractivity contribution in [3.63, 3.8) is 0 Å². The number of hydrogen-bond acceptors (Lipinski definition) is 4. The molecule has 1 N–H and O–H groups in total. The molecule has 5 nitrogen and oxygen atoms in total. The minimum absolute atomic E-state index is 0.245. The number of carbonyl (C=O) groups excluding carboxylic acids is 1. The van der Waals surface area contributed by atoms with E-state index in [0.717, 1.165) is 32.6 Å². The summed E-state index contributed by atoms with van der Waals surface area (Å²) >= 11 is 0. The van der Waals surface area contributed by atoms with Gasteiger partial charge in [-0.25, -0.2) is 4.79 Å². The van der Waals surface area contributed by atoms with Crippen LogP contribution in [0.4, 0.5) is 4.79 Å². The molecule has 1 atom stereocenters. The van der Waals surface area contributed by atoms with Gasteiger partial charge < -0.3 is 19.7 Å². The third-order valence-electron chi connectivity index (χ3n) is 4.20. The molecular formula is C18H36N2O3. The number of amides is 1. The molecule has 1 saturated heterocycles. The van der Waals surface area contributed by atoms with Crippen LogP contribution in [0.25, 0.3) is 0 Å². The molecule has 1 aliphatic rings. The number of carbonyl (C=O) groups is 1. The highest BCUT2D eigenvalue weighted by Gasteiger charge is 2.30. The normalized spacial score (nSPS) is 18.6. The summed E-state index contributed by atoms with van der Waals surface area (Å²) in [6, 6.07) is 0.444. The number of rotatable bonds is 5. The lowest BCUT2D eigenvalue weighted by atomic mass is 9.93. The highest BCUT2D eigenvalue weighted by Crippen LogP contribution is 2.20. The Morgan fingerprint density at radius 2 is 1.78 bits per heavy atom. The summed E-state index contributed by atoms with van der Waals surface area (Å²) in [6.07, 6.45) is 1.98. The molecule has 0 aromatic heterocycles. The molecule has 0 saturated carbocycles. The van der Waals surface area contributed by atoms with E-state index >= 15 is 0 Å². The first kappa shape index (κ1) is 20.2. The van der Waals surface area contributed by atoms with Crippen LogP contribution in [0.5, 0.6) is 0 Å². The van der Waals surface area contributed by atoms with Gasteiger partial charge in [0.05, 0.1) is 0 Å². The van der Waals surface area contributed by atoms with Gasteiger partial charge in [0.2, 0.25) is 0 Å². The summed E-state index contributed by atoms with van der Waals surface area (Å²) in [5.74, 6) is 0.661. The smallest absolute Gasteiger partial charge is 0.410 e. The van der Waals surface area contributed by atoms with Crippen LogP contribution in [0, 0.1) is 5.92 Å². The van der Waals surface area contributed by atoms with Gasteiger partial charge >= 0.3 is 6.09 Å². The third kappa shape index (κ3) is 7.53. The minimum atomic E-state index is -0.469. The van der Waals surface area contributed by atoms with E-state index in [4.69, 9.17) is 9.47 Å². The molecule has 1 fully saturated rings. The SMILES string of the molecule is CC(NCCN(C(=O)OC(C)(C)C)C(C)(C)C)C1CCOCC1.